The second kappa shape index (κ2) is 5.79. The van der Waals surface area contributed by atoms with Gasteiger partial charge in [0.2, 0.25) is 5.91 Å². The van der Waals surface area contributed by atoms with Crippen LogP contribution in [0.2, 0.25) is 5.02 Å². The molecule has 0 radical (unpaired) electrons. The van der Waals surface area contributed by atoms with Crippen LogP contribution in [0.25, 0.3) is 0 Å². The fourth-order valence-corrected chi connectivity index (χ4v) is 3.65. The number of carbonyl (C=O) groups is 1. The van der Waals surface area contributed by atoms with Crippen LogP contribution in [0, 0.1) is 0 Å². The highest BCUT2D eigenvalue weighted by atomic mass is 35.5. The van der Waals surface area contributed by atoms with Crippen molar-refractivity contribution in [3.63, 3.8) is 0 Å². The first-order valence-electron chi connectivity index (χ1n) is 7.20. The fraction of sp³-hybridized carbons (Fsp3) is 0.188. The molecule has 4 rings (SSSR count). The number of hydrogen-bond donors (Lipinski definition) is 1. The summed E-state index contributed by atoms with van der Waals surface area (Å²) in [5.74, 6) is 0.754. The molecule has 1 aromatic carbocycles. The van der Waals surface area contributed by atoms with Crippen molar-refractivity contribution in [2.45, 2.75) is 18.9 Å². The average molecular weight is 345 g/mol. The van der Waals surface area contributed by atoms with E-state index in [-0.39, 0.29) is 11.8 Å². The summed E-state index contributed by atoms with van der Waals surface area (Å²) in [5.41, 5.74) is 3.05. The molecule has 0 bridgehead atoms. The minimum atomic E-state index is -0.00499. The Balaban J connectivity index is 1.72. The van der Waals surface area contributed by atoms with Gasteiger partial charge < -0.3 is 5.32 Å². The zero-order valence-corrected chi connectivity index (χ0v) is 13.6. The van der Waals surface area contributed by atoms with Crippen LogP contribution in [-0.4, -0.2) is 20.1 Å². The van der Waals surface area contributed by atoms with Crippen LogP contribution in [0.5, 0.6) is 0 Å². The number of nitrogens with one attached hydrogen (secondary N) is 1. The summed E-state index contributed by atoms with van der Waals surface area (Å²) in [7, 11) is 0. The minimum Gasteiger partial charge on any atom is -0.311 e. The van der Waals surface area contributed by atoms with Crippen LogP contribution < -0.4 is 5.32 Å². The second-order valence-corrected chi connectivity index (χ2v) is 6.52. The number of rotatable bonds is 3. The number of hydrogen-bond acceptors (Lipinski definition) is 4. The van der Waals surface area contributed by atoms with E-state index in [0.717, 1.165) is 22.5 Å². The molecule has 1 unspecified atom stereocenters. The van der Waals surface area contributed by atoms with E-state index in [1.54, 1.807) is 4.68 Å². The summed E-state index contributed by atoms with van der Waals surface area (Å²) in [6.45, 7) is 0.518. The number of fused-ring (bicyclic) bond motifs is 1. The Morgan fingerprint density at radius 2 is 2.22 bits per heavy atom. The van der Waals surface area contributed by atoms with Gasteiger partial charge in [0.15, 0.2) is 0 Å². The molecule has 1 amide bonds. The Morgan fingerprint density at radius 1 is 1.35 bits per heavy atom. The van der Waals surface area contributed by atoms with Gasteiger partial charge >= 0.3 is 0 Å². The molecule has 0 spiro atoms. The molecule has 3 aromatic rings. The van der Waals surface area contributed by atoms with Gasteiger partial charge in [-0.2, -0.15) is 5.10 Å². The summed E-state index contributed by atoms with van der Waals surface area (Å²) in [4.78, 5) is 12.1. The van der Waals surface area contributed by atoms with Crippen molar-refractivity contribution < 1.29 is 4.79 Å². The number of amides is 1. The minimum absolute atomic E-state index is 0.00499. The quantitative estimate of drug-likeness (QED) is 0.790. The Morgan fingerprint density at radius 3 is 3.00 bits per heavy atom. The van der Waals surface area contributed by atoms with Gasteiger partial charge in [-0.15, -0.1) is 0 Å². The van der Waals surface area contributed by atoms with Gasteiger partial charge in [-0.3, -0.25) is 4.79 Å². The molecular weight excluding hydrogens is 332 g/mol. The molecule has 2 aromatic heterocycles. The molecule has 1 atom stereocenters. The molecule has 5 nitrogen and oxygen atoms in total. The van der Waals surface area contributed by atoms with E-state index in [9.17, 15) is 4.79 Å². The van der Waals surface area contributed by atoms with E-state index in [1.807, 2.05) is 42.0 Å². The molecule has 0 saturated heterocycles. The maximum Gasteiger partial charge on any atom is 0.226 e. The van der Waals surface area contributed by atoms with Crippen LogP contribution in [-0.2, 0) is 11.3 Å². The van der Waals surface area contributed by atoms with E-state index in [1.165, 1.54) is 11.5 Å². The third kappa shape index (κ3) is 2.64. The Hall–Kier alpha value is -2.18. The molecule has 0 aliphatic carbocycles. The second-order valence-electron chi connectivity index (χ2n) is 5.46. The summed E-state index contributed by atoms with van der Waals surface area (Å²) in [5, 5.41) is 10.1. The van der Waals surface area contributed by atoms with Gasteiger partial charge in [0.25, 0.3) is 0 Å². The van der Waals surface area contributed by atoms with Crippen LogP contribution in [0.15, 0.2) is 42.0 Å². The molecule has 1 N–H and O–H groups in total. The standard InChI is InChI=1S/C16H13ClN4OS/c17-14-4-2-1-3-10(14)8-21-16-13(7-18-21)12(5-15(22)20-16)11-6-19-23-9-11/h1-4,6-7,9,12H,5,8H2,(H,20,22). The van der Waals surface area contributed by atoms with E-state index in [0.29, 0.717) is 18.0 Å². The number of nitrogens with zero attached hydrogens (tertiary/aromatic N) is 3. The van der Waals surface area contributed by atoms with Crippen molar-refractivity contribution >= 4 is 34.9 Å². The van der Waals surface area contributed by atoms with Crippen LogP contribution in [0.1, 0.15) is 29.0 Å². The maximum absolute atomic E-state index is 12.1. The molecule has 7 heteroatoms. The van der Waals surface area contributed by atoms with Crippen molar-refractivity contribution in [3.8, 4) is 0 Å². The van der Waals surface area contributed by atoms with Crippen LogP contribution in [0.4, 0.5) is 5.82 Å². The number of carbonyl (C=O) groups excluding carboxylic acids is 1. The number of benzene rings is 1. The first kappa shape index (κ1) is 14.4. The van der Waals surface area contributed by atoms with E-state index in [4.69, 9.17) is 11.6 Å². The zero-order chi connectivity index (χ0) is 15.8. The summed E-state index contributed by atoms with van der Waals surface area (Å²) in [6, 6.07) is 7.65. The van der Waals surface area contributed by atoms with E-state index >= 15 is 0 Å². The smallest absolute Gasteiger partial charge is 0.226 e. The van der Waals surface area contributed by atoms with Crippen molar-refractivity contribution in [1.82, 2.24) is 14.2 Å². The van der Waals surface area contributed by atoms with Crippen molar-refractivity contribution in [3.05, 3.63) is 63.8 Å². The molecule has 3 heterocycles. The summed E-state index contributed by atoms with van der Waals surface area (Å²) in [6.07, 6.45) is 4.07. The summed E-state index contributed by atoms with van der Waals surface area (Å²) < 4.78 is 5.94. The highest BCUT2D eigenvalue weighted by molar-refractivity contribution is 7.03. The van der Waals surface area contributed by atoms with Crippen molar-refractivity contribution in [2.24, 2.45) is 0 Å². The SMILES string of the molecule is O=C1CC(c2cnsc2)c2cnn(Cc3ccccc3Cl)c2N1. The maximum atomic E-state index is 12.1. The first-order chi connectivity index (χ1) is 11.2. The largest absolute Gasteiger partial charge is 0.311 e. The highest BCUT2D eigenvalue weighted by Gasteiger charge is 2.30. The molecular formula is C16H13ClN4OS. The highest BCUT2D eigenvalue weighted by Crippen LogP contribution is 2.37. The predicted octanol–water partition coefficient (Wildman–Crippen LogP) is 3.52. The molecule has 23 heavy (non-hydrogen) atoms. The molecule has 116 valence electrons. The fourth-order valence-electron chi connectivity index (χ4n) is 2.86. The topological polar surface area (TPSA) is 59.8 Å². The first-order valence-corrected chi connectivity index (χ1v) is 8.42. The molecule has 1 aliphatic heterocycles. The lowest BCUT2D eigenvalue weighted by atomic mass is 9.89. The number of halogens is 1. The Kier molecular flexibility index (Phi) is 3.63. The monoisotopic (exact) mass is 344 g/mol. The van der Waals surface area contributed by atoms with E-state index < -0.39 is 0 Å². The number of anilines is 1. The van der Waals surface area contributed by atoms with Gasteiger partial charge in [0.05, 0.1) is 12.7 Å². The normalized spacial score (nSPS) is 16.9. The zero-order valence-electron chi connectivity index (χ0n) is 12.1. The van der Waals surface area contributed by atoms with Gasteiger partial charge in [-0.05, 0) is 28.7 Å². The average Bonchev–Trinajstić information content (AvgIpc) is 3.19. The Labute approximate surface area is 142 Å². The van der Waals surface area contributed by atoms with Crippen LogP contribution >= 0.6 is 23.1 Å². The van der Waals surface area contributed by atoms with Crippen LogP contribution in [0.3, 0.4) is 0 Å². The van der Waals surface area contributed by atoms with Crippen molar-refractivity contribution in [2.75, 3.05) is 5.32 Å². The van der Waals surface area contributed by atoms with Crippen molar-refractivity contribution in [1.29, 1.82) is 0 Å². The van der Waals surface area contributed by atoms with Gasteiger partial charge in [0.1, 0.15) is 5.82 Å². The Bertz CT molecular complexity index is 859. The molecule has 1 aliphatic rings. The number of aromatic nitrogens is 3. The van der Waals surface area contributed by atoms with E-state index in [2.05, 4.69) is 14.8 Å². The third-order valence-electron chi connectivity index (χ3n) is 4.02. The third-order valence-corrected chi connectivity index (χ3v) is 5.00. The molecule has 0 saturated carbocycles. The lowest BCUT2D eigenvalue weighted by molar-refractivity contribution is -0.116. The predicted molar refractivity (Wildman–Crippen MR) is 90.0 cm³/mol. The molecule has 0 fully saturated rings. The van der Waals surface area contributed by atoms with Gasteiger partial charge in [-0.1, -0.05) is 29.8 Å². The van der Waals surface area contributed by atoms with Gasteiger partial charge in [0, 0.05) is 34.5 Å². The lowest BCUT2D eigenvalue weighted by Crippen LogP contribution is -2.24. The lowest BCUT2D eigenvalue weighted by Gasteiger charge is -2.22. The van der Waals surface area contributed by atoms with Gasteiger partial charge in [-0.25, -0.2) is 9.06 Å². The summed E-state index contributed by atoms with van der Waals surface area (Å²) >= 11 is 7.62.